The highest BCUT2D eigenvalue weighted by Crippen LogP contribution is 2.29. The summed E-state index contributed by atoms with van der Waals surface area (Å²) >= 11 is 0. The van der Waals surface area contributed by atoms with Gasteiger partial charge in [0.2, 0.25) is 0 Å². The summed E-state index contributed by atoms with van der Waals surface area (Å²) < 4.78 is 5.03. The van der Waals surface area contributed by atoms with Gasteiger partial charge in [0.05, 0.1) is 18.8 Å². The number of hydrogen-bond donors (Lipinski definition) is 3. The van der Waals surface area contributed by atoms with Crippen LogP contribution in [0.2, 0.25) is 0 Å². The highest BCUT2D eigenvalue weighted by molar-refractivity contribution is 5.99. The van der Waals surface area contributed by atoms with E-state index in [4.69, 9.17) is 9.84 Å². The van der Waals surface area contributed by atoms with E-state index in [0.29, 0.717) is 0 Å². The van der Waals surface area contributed by atoms with E-state index in [1.165, 1.54) is 18.2 Å². The number of carbonyl (C=O) groups is 2. The number of rotatable bonds is 2. The third-order valence-electron chi connectivity index (χ3n) is 2.92. The first-order valence-corrected chi connectivity index (χ1v) is 5.65. The Morgan fingerprint density at radius 1 is 1.32 bits per heavy atom. The zero-order chi connectivity index (χ0) is 14.0. The van der Waals surface area contributed by atoms with E-state index in [2.05, 4.69) is 0 Å². The fourth-order valence-corrected chi connectivity index (χ4v) is 1.91. The minimum absolute atomic E-state index is 0.0966. The number of aliphatic carboxylic acids is 1. The molecule has 1 fully saturated rings. The molecular formula is C12H13NO6. The predicted molar refractivity (Wildman–Crippen MR) is 63.1 cm³/mol. The molecule has 0 aliphatic carbocycles. The average molecular weight is 267 g/mol. The minimum atomic E-state index is -1.17. The van der Waals surface area contributed by atoms with E-state index in [9.17, 15) is 19.8 Å². The van der Waals surface area contributed by atoms with Crippen molar-refractivity contribution in [2.45, 2.75) is 6.04 Å². The Labute approximate surface area is 108 Å². The van der Waals surface area contributed by atoms with Crippen molar-refractivity contribution in [2.24, 2.45) is 0 Å². The van der Waals surface area contributed by atoms with E-state index < -0.39 is 29.4 Å². The summed E-state index contributed by atoms with van der Waals surface area (Å²) in [5.41, 5.74) is -0.131. The molecule has 0 bridgehead atoms. The van der Waals surface area contributed by atoms with Crippen LogP contribution in [0.15, 0.2) is 18.2 Å². The van der Waals surface area contributed by atoms with Crippen LogP contribution in [-0.2, 0) is 9.53 Å². The fourth-order valence-electron chi connectivity index (χ4n) is 1.91. The number of para-hydroxylation sites is 1. The normalized spacial score (nSPS) is 19.2. The maximum absolute atomic E-state index is 12.2. The highest BCUT2D eigenvalue weighted by Gasteiger charge is 2.34. The molecule has 0 radical (unpaired) electrons. The van der Waals surface area contributed by atoms with Crippen molar-refractivity contribution in [3.63, 3.8) is 0 Å². The van der Waals surface area contributed by atoms with Gasteiger partial charge in [0.15, 0.2) is 17.5 Å². The first-order chi connectivity index (χ1) is 9.02. The molecule has 3 N–H and O–H groups in total. The Morgan fingerprint density at radius 2 is 2.05 bits per heavy atom. The molecule has 1 amide bonds. The summed E-state index contributed by atoms with van der Waals surface area (Å²) in [5.74, 6) is -2.80. The van der Waals surface area contributed by atoms with E-state index in [1.807, 2.05) is 0 Å². The van der Waals surface area contributed by atoms with Crippen LogP contribution >= 0.6 is 0 Å². The second kappa shape index (κ2) is 5.15. The summed E-state index contributed by atoms with van der Waals surface area (Å²) in [6.07, 6.45) is 0. The number of carboxylic acids is 1. The number of phenolic OH excluding ortho intramolecular Hbond substituents is 2. The van der Waals surface area contributed by atoms with Gasteiger partial charge in [-0.05, 0) is 12.1 Å². The summed E-state index contributed by atoms with van der Waals surface area (Å²) in [5, 5.41) is 28.1. The average Bonchev–Trinajstić information content (AvgIpc) is 2.41. The van der Waals surface area contributed by atoms with Crippen molar-refractivity contribution in [1.82, 2.24) is 4.90 Å². The Morgan fingerprint density at radius 3 is 2.74 bits per heavy atom. The van der Waals surface area contributed by atoms with E-state index in [0.717, 1.165) is 4.90 Å². The van der Waals surface area contributed by atoms with Gasteiger partial charge < -0.3 is 25.0 Å². The van der Waals surface area contributed by atoms with Crippen LogP contribution in [0.3, 0.4) is 0 Å². The highest BCUT2D eigenvalue weighted by atomic mass is 16.5. The number of benzene rings is 1. The summed E-state index contributed by atoms with van der Waals surface area (Å²) in [6, 6.07) is 2.87. The number of morpholine rings is 1. The molecule has 0 aromatic heterocycles. The third kappa shape index (κ3) is 2.45. The molecule has 1 saturated heterocycles. The third-order valence-corrected chi connectivity index (χ3v) is 2.92. The number of amides is 1. The van der Waals surface area contributed by atoms with Gasteiger partial charge in [-0.2, -0.15) is 0 Å². The Bertz CT molecular complexity index is 515. The van der Waals surface area contributed by atoms with Gasteiger partial charge in [-0.1, -0.05) is 6.07 Å². The number of phenols is 2. The van der Waals surface area contributed by atoms with Gasteiger partial charge in [-0.25, -0.2) is 4.79 Å². The van der Waals surface area contributed by atoms with Crippen molar-refractivity contribution in [2.75, 3.05) is 19.8 Å². The van der Waals surface area contributed by atoms with Crippen molar-refractivity contribution >= 4 is 11.9 Å². The van der Waals surface area contributed by atoms with Crippen molar-refractivity contribution in [3.8, 4) is 11.5 Å². The second-order valence-corrected chi connectivity index (χ2v) is 4.10. The van der Waals surface area contributed by atoms with Crippen LogP contribution in [0.25, 0.3) is 0 Å². The molecule has 102 valence electrons. The maximum atomic E-state index is 12.2. The standard InChI is InChI=1S/C12H13NO6/c14-9-3-1-2-7(10(9)15)11(16)13-4-5-19-6-8(13)12(17)18/h1-3,8,14-15H,4-6H2,(H,17,18). The van der Waals surface area contributed by atoms with Gasteiger partial charge in [-0.15, -0.1) is 0 Å². The number of nitrogens with zero attached hydrogens (tertiary/aromatic N) is 1. The van der Waals surface area contributed by atoms with Crippen molar-refractivity contribution < 1.29 is 29.6 Å². The molecule has 7 heteroatoms. The Hall–Kier alpha value is -2.28. The SMILES string of the molecule is O=C(O)C1COCCN1C(=O)c1cccc(O)c1O. The quantitative estimate of drug-likeness (QED) is 0.652. The lowest BCUT2D eigenvalue weighted by molar-refractivity contribution is -0.147. The van der Waals surface area contributed by atoms with Gasteiger partial charge in [0.25, 0.3) is 5.91 Å². The van der Waals surface area contributed by atoms with Gasteiger partial charge in [-0.3, -0.25) is 4.79 Å². The zero-order valence-electron chi connectivity index (χ0n) is 9.94. The first-order valence-electron chi connectivity index (χ1n) is 5.65. The van der Waals surface area contributed by atoms with Crippen LogP contribution in [-0.4, -0.2) is 57.9 Å². The van der Waals surface area contributed by atoms with Crippen molar-refractivity contribution in [3.05, 3.63) is 23.8 Å². The van der Waals surface area contributed by atoms with Crippen LogP contribution < -0.4 is 0 Å². The molecule has 0 spiro atoms. The molecule has 1 aromatic rings. The van der Waals surface area contributed by atoms with Gasteiger partial charge in [0, 0.05) is 6.54 Å². The number of carbonyl (C=O) groups excluding carboxylic acids is 1. The van der Waals surface area contributed by atoms with Gasteiger partial charge >= 0.3 is 5.97 Å². The van der Waals surface area contributed by atoms with Crippen LogP contribution in [0.4, 0.5) is 0 Å². The van der Waals surface area contributed by atoms with Crippen LogP contribution in [0.5, 0.6) is 11.5 Å². The predicted octanol–water partition coefficient (Wildman–Crippen LogP) is 0.0234. The molecule has 1 aliphatic heterocycles. The van der Waals surface area contributed by atoms with E-state index in [1.54, 1.807) is 0 Å². The van der Waals surface area contributed by atoms with Crippen LogP contribution in [0.1, 0.15) is 10.4 Å². The second-order valence-electron chi connectivity index (χ2n) is 4.10. The molecule has 1 aliphatic rings. The molecule has 0 saturated carbocycles. The summed E-state index contributed by atoms with van der Waals surface area (Å²) in [7, 11) is 0. The number of carboxylic acid groups (broad SMARTS) is 1. The fraction of sp³-hybridized carbons (Fsp3) is 0.333. The Balaban J connectivity index is 2.31. The molecule has 1 aromatic carbocycles. The lowest BCUT2D eigenvalue weighted by Crippen LogP contribution is -2.52. The number of ether oxygens (including phenoxy) is 1. The topological polar surface area (TPSA) is 107 Å². The molecule has 7 nitrogen and oxygen atoms in total. The smallest absolute Gasteiger partial charge is 0.328 e. The summed E-state index contributed by atoms with van der Waals surface area (Å²) in [4.78, 5) is 24.4. The summed E-state index contributed by atoms with van der Waals surface area (Å²) in [6.45, 7) is 0.251. The van der Waals surface area contributed by atoms with E-state index in [-0.39, 0.29) is 25.3 Å². The molecule has 1 unspecified atom stereocenters. The monoisotopic (exact) mass is 267 g/mol. The number of hydrogen-bond acceptors (Lipinski definition) is 5. The largest absolute Gasteiger partial charge is 0.504 e. The lowest BCUT2D eigenvalue weighted by Gasteiger charge is -2.33. The van der Waals surface area contributed by atoms with Crippen molar-refractivity contribution in [1.29, 1.82) is 0 Å². The minimum Gasteiger partial charge on any atom is -0.504 e. The zero-order valence-corrected chi connectivity index (χ0v) is 9.94. The molecule has 1 heterocycles. The molecule has 2 rings (SSSR count). The first kappa shape index (κ1) is 13.2. The van der Waals surface area contributed by atoms with E-state index >= 15 is 0 Å². The lowest BCUT2D eigenvalue weighted by atomic mass is 10.1. The molecule has 19 heavy (non-hydrogen) atoms. The van der Waals surface area contributed by atoms with Gasteiger partial charge in [0.1, 0.15) is 0 Å². The van der Waals surface area contributed by atoms with Crippen LogP contribution in [0, 0.1) is 0 Å². The Kier molecular flexibility index (Phi) is 3.57. The molecular weight excluding hydrogens is 254 g/mol. The molecule has 1 atom stereocenters. The maximum Gasteiger partial charge on any atom is 0.328 e. The number of aromatic hydroxyl groups is 2.